The number of hydrogen-bond donors (Lipinski definition) is 0. The van der Waals surface area contributed by atoms with E-state index in [1.807, 2.05) is 24.3 Å². The highest BCUT2D eigenvalue weighted by Crippen LogP contribution is 2.13. The van der Waals surface area contributed by atoms with Crippen LogP contribution in [-0.2, 0) is 6.54 Å². The van der Waals surface area contributed by atoms with Crippen LogP contribution in [0, 0.1) is 0 Å². The Morgan fingerprint density at radius 2 is 1.73 bits per heavy atom. The minimum atomic E-state index is 0.538. The zero-order valence-electron chi connectivity index (χ0n) is 5.60. The molecule has 0 aromatic heterocycles. The SMILES string of the molecule is ClN(Cl)Cc1ccc(Br)cc1. The van der Waals surface area contributed by atoms with Crippen molar-refractivity contribution in [2.24, 2.45) is 0 Å². The van der Waals surface area contributed by atoms with Crippen LogP contribution in [0.25, 0.3) is 0 Å². The summed E-state index contributed by atoms with van der Waals surface area (Å²) in [7, 11) is 0. The molecular formula is C7H6BrCl2N. The van der Waals surface area contributed by atoms with Crippen LogP contribution in [0.3, 0.4) is 0 Å². The molecule has 0 bridgehead atoms. The molecular weight excluding hydrogens is 249 g/mol. The van der Waals surface area contributed by atoms with Gasteiger partial charge in [-0.3, -0.25) is 0 Å². The second-order valence-corrected chi connectivity index (χ2v) is 3.99. The van der Waals surface area contributed by atoms with E-state index in [1.165, 1.54) is 0 Å². The predicted molar refractivity (Wildman–Crippen MR) is 51.4 cm³/mol. The average molecular weight is 255 g/mol. The third-order valence-electron chi connectivity index (χ3n) is 1.22. The molecule has 0 unspecified atom stereocenters. The third kappa shape index (κ3) is 3.43. The molecule has 0 atom stereocenters. The zero-order valence-corrected chi connectivity index (χ0v) is 8.70. The molecule has 0 spiro atoms. The summed E-state index contributed by atoms with van der Waals surface area (Å²) in [5, 5.41) is 0. The van der Waals surface area contributed by atoms with Gasteiger partial charge in [-0.25, -0.2) is 0 Å². The highest BCUT2D eigenvalue weighted by atomic mass is 79.9. The molecule has 1 aromatic carbocycles. The lowest BCUT2D eigenvalue weighted by molar-refractivity contribution is 0.704. The molecule has 0 heterocycles. The van der Waals surface area contributed by atoms with Crippen molar-refractivity contribution in [3.63, 3.8) is 0 Å². The van der Waals surface area contributed by atoms with E-state index in [0.29, 0.717) is 6.54 Å². The zero-order chi connectivity index (χ0) is 8.27. The molecule has 0 N–H and O–H groups in total. The Kier molecular flexibility index (Phi) is 3.66. The third-order valence-corrected chi connectivity index (χ3v) is 1.98. The van der Waals surface area contributed by atoms with Crippen LogP contribution < -0.4 is 0 Å². The maximum absolute atomic E-state index is 5.44. The first-order chi connectivity index (χ1) is 5.18. The lowest BCUT2D eigenvalue weighted by atomic mass is 10.2. The number of nitrogens with zero attached hydrogens (tertiary/aromatic N) is 1. The van der Waals surface area contributed by atoms with Gasteiger partial charge in [0, 0.05) is 4.47 Å². The fourth-order valence-electron chi connectivity index (χ4n) is 0.728. The van der Waals surface area contributed by atoms with Gasteiger partial charge in [0.15, 0.2) is 0 Å². The van der Waals surface area contributed by atoms with Crippen molar-refractivity contribution in [3.8, 4) is 0 Å². The highest BCUT2D eigenvalue weighted by molar-refractivity contribution is 9.10. The summed E-state index contributed by atoms with van der Waals surface area (Å²) in [6.07, 6.45) is 0. The Morgan fingerprint density at radius 1 is 1.18 bits per heavy atom. The fourth-order valence-corrected chi connectivity index (χ4v) is 1.27. The first kappa shape index (κ1) is 9.33. The van der Waals surface area contributed by atoms with Gasteiger partial charge >= 0.3 is 0 Å². The summed E-state index contributed by atoms with van der Waals surface area (Å²) in [4.78, 5) is 0. The number of halogens is 3. The van der Waals surface area contributed by atoms with Gasteiger partial charge in [0.05, 0.1) is 6.54 Å². The lowest BCUT2D eigenvalue weighted by Crippen LogP contribution is -1.96. The Morgan fingerprint density at radius 3 is 2.18 bits per heavy atom. The topological polar surface area (TPSA) is 3.24 Å². The molecule has 11 heavy (non-hydrogen) atoms. The van der Waals surface area contributed by atoms with E-state index in [9.17, 15) is 0 Å². The Labute approximate surface area is 84.3 Å². The predicted octanol–water partition coefficient (Wildman–Crippen LogP) is 3.56. The van der Waals surface area contributed by atoms with Gasteiger partial charge in [-0.05, 0) is 41.2 Å². The van der Waals surface area contributed by atoms with Crippen molar-refractivity contribution < 1.29 is 0 Å². The van der Waals surface area contributed by atoms with E-state index in [1.54, 1.807) is 0 Å². The smallest absolute Gasteiger partial charge is 0.0554 e. The van der Waals surface area contributed by atoms with Crippen molar-refractivity contribution >= 4 is 39.5 Å². The van der Waals surface area contributed by atoms with E-state index in [0.717, 1.165) is 14.0 Å². The molecule has 0 aliphatic carbocycles. The lowest BCUT2D eigenvalue weighted by Gasteiger charge is -2.02. The first-order valence-corrected chi connectivity index (χ1v) is 4.49. The van der Waals surface area contributed by atoms with Gasteiger partial charge in [0.1, 0.15) is 0 Å². The van der Waals surface area contributed by atoms with Crippen LogP contribution >= 0.6 is 39.5 Å². The molecule has 0 aliphatic heterocycles. The molecule has 0 saturated carbocycles. The second-order valence-electron chi connectivity index (χ2n) is 2.09. The summed E-state index contributed by atoms with van der Waals surface area (Å²) in [6.45, 7) is 0.538. The van der Waals surface area contributed by atoms with Crippen molar-refractivity contribution in [3.05, 3.63) is 34.3 Å². The number of hydrogen-bond acceptors (Lipinski definition) is 1. The standard InChI is InChI=1S/C7H6BrCl2N/c8-7-3-1-6(2-4-7)5-11(9)10/h1-4H,5H2. The molecule has 0 amide bonds. The van der Waals surface area contributed by atoms with Gasteiger partial charge in [-0.15, -0.1) is 3.94 Å². The van der Waals surface area contributed by atoms with Crippen LogP contribution in [0.2, 0.25) is 0 Å². The van der Waals surface area contributed by atoms with Crippen LogP contribution in [0.4, 0.5) is 0 Å². The average Bonchev–Trinajstić information content (AvgIpc) is 1.93. The van der Waals surface area contributed by atoms with E-state index >= 15 is 0 Å². The van der Waals surface area contributed by atoms with E-state index in [2.05, 4.69) is 15.9 Å². The van der Waals surface area contributed by atoms with Crippen molar-refractivity contribution in [2.75, 3.05) is 0 Å². The van der Waals surface area contributed by atoms with Gasteiger partial charge < -0.3 is 0 Å². The monoisotopic (exact) mass is 253 g/mol. The van der Waals surface area contributed by atoms with Gasteiger partial charge in [0.2, 0.25) is 0 Å². The Balaban J connectivity index is 2.66. The molecule has 0 aliphatic rings. The quantitative estimate of drug-likeness (QED) is 0.730. The van der Waals surface area contributed by atoms with Crippen LogP contribution in [0.1, 0.15) is 5.56 Å². The summed E-state index contributed by atoms with van der Waals surface area (Å²) in [6, 6.07) is 7.82. The summed E-state index contributed by atoms with van der Waals surface area (Å²) in [5.41, 5.74) is 1.08. The minimum Gasteiger partial charge on any atom is -0.127 e. The molecule has 0 fully saturated rings. The maximum Gasteiger partial charge on any atom is 0.0554 e. The normalized spacial score (nSPS) is 10.5. The first-order valence-electron chi connectivity index (χ1n) is 3.02. The molecule has 60 valence electrons. The van der Waals surface area contributed by atoms with E-state index in [-0.39, 0.29) is 0 Å². The van der Waals surface area contributed by atoms with Crippen molar-refractivity contribution in [1.82, 2.24) is 3.94 Å². The van der Waals surface area contributed by atoms with Crippen LogP contribution in [-0.4, -0.2) is 3.94 Å². The van der Waals surface area contributed by atoms with Gasteiger partial charge in [0.25, 0.3) is 0 Å². The Bertz CT molecular complexity index is 222. The number of benzene rings is 1. The van der Waals surface area contributed by atoms with E-state index < -0.39 is 0 Å². The van der Waals surface area contributed by atoms with Crippen molar-refractivity contribution in [1.29, 1.82) is 0 Å². The summed E-state index contributed by atoms with van der Waals surface area (Å²) >= 11 is 14.2. The molecule has 1 nitrogen and oxygen atoms in total. The fraction of sp³-hybridized carbons (Fsp3) is 0.143. The molecule has 1 rings (SSSR count). The Hall–Kier alpha value is 0.240. The van der Waals surface area contributed by atoms with Gasteiger partial charge in [-0.1, -0.05) is 28.1 Å². The molecule has 4 heteroatoms. The second kappa shape index (κ2) is 4.31. The molecule has 0 radical (unpaired) electrons. The van der Waals surface area contributed by atoms with E-state index in [4.69, 9.17) is 23.6 Å². The maximum atomic E-state index is 5.44. The highest BCUT2D eigenvalue weighted by Gasteiger charge is 1.96. The van der Waals surface area contributed by atoms with Gasteiger partial charge in [-0.2, -0.15) is 0 Å². The summed E-state index contributed by atoms with van der Waals surface area (Å²) in [5.74, 6) is 0. The molecule has 0 saturated heterocycles. The largest absolute Gasteiger partial charge is 0.127 e. The minimum absolute atomic E-state index is 0.538. The summed E-state index contributed by atoms with van der Waals surface area (Å²) < 4.78 is 2.15. The van der Waals surface area contributed by atoms with Crippen LogP contribution in [0.15, 0.2) is 28.7 Å². The van der Waals surface area contributed by atoms with Crippen molar-refractivity contribution in [2.45, 2.75) is 6.54 Å². The van der Waals surface area contributed by atoms with Crippen LogP contribution in [0.5, 0.6) is 0 Å². The number of rotatable bonds is 2. The molecule has 1 aromatic rings.